The van der Waals surface area contributed by atoms with Crippen LogP contribution in [0, 0.1) is 6.92 Å². The van der Waals surface area contributed by atoms with Gasteiger partial charge in [0.05, 0.1) is 6.61 Å². The SMILES string of the molecule is CCc1c(C)sc2c(CO)cccc12. The maximum absolute atomic E-state index is 9.22. The van der Waals surface area contributed by atoms with E-state index in [-0.39, 0.29) is 6.61 Å². The molecule has 0 spiro atoms. The first kappa shape index (κ1) is 9.69. The standard InChI is InChI=1S/C12H14OS/c1-3-10-8(2)14-12-9(7-13)5-4-6-11(10)12/h4-6,13H,3,7H2,1-2H3. The highest BCUT2D eigenvalue weighted by atomic mass is 32.1. The van der Waals surface area contributed by atoms with Crippen molar-refractivity contribution < 1.29 is 5.11 Å². The molecule has 0 aliphatic rings. The van der Waals surface area contributed by atoms with Crippen molar-refractivity contribution in [1.29, 1.82) is 0 Å². The molecular formula is C12H14OS. The molecule has 1 aromatic carbocycles. The lowest BCUT2D eigenvalue weighted by Crippen LogP contribution is -1.83. The van der Waals surface area contributed by atoms with Crippen LogP contribution in [0.25, 0.3) is 10.1 Å². The number of aliphatic hydroxyl groups is 1. The lowest BCUT2D eigenvalue weighted by molar-refractivity contribution is 0.283. The van der Waals surface area contributed by atoms with Crippen LogP contribution < -0.4 is 0 Å². The zero-order valence-electron chi connectivity index (χ0n) is 8.50. The Balaban J connectivity index is 2.79. The molecule has 0 bridgehead atoms. The van der Waals surface area contributed by atoms with E-state index in [9.17, 15) is 5.11 Å². The van der Waals surface area contributed by atoms with Crippen LogP contribution in [-0.2, 0) is 13.0 Å². The summed E-state index contributed by atoms with van der Waals surface area (Å²) >= 11 is 1.79. The van der Waals surface area contributed by atoms with Gasteiger partial charge in [-0.2, -0.15) is 0 Å². The largest absolute Gasteiger partial charge is 0.392 e. The Morgan fingerprint density at radius 1 is 1.36 bits per heavy atom. The molecule has 0 unspecified atom stereocenters. The second-order valence-corrected chi connectivity index (χ2v) is 4.67. The van der Waals surface area contributed by atoms with E-state index < -0.39 is 0 Å². The van der Waals surface area contributed by atoms with Crippen molar-refractivity contribution in [3.63, 3.8) is 0 Å². The Labute approximate surface area is 88.0 Å². The molecular weight excluding hydrogens is 192 g/mol. The van der Waals surface area contributed by atoms with Crippen molar-refractivity contribution in [2.75, 3.05) is 0 Å². The second kappa shape index (κ2) is 3.71. The summed E-state index contributed by atoms with van der Waals surface area (Å²) in [6, 6.07) is 6.17. The van der Waals surface area contributed by atoms with Gasteiger partial charge in [0, 0.05) is 9.58 Å². The third-order valence-corrected chi connectivity index (χ3v) is 3.86. The Hall–Kier alpha value is -0.860. The molecule has 1 N–H and O–H groups in total. The van der Waals surface area contributed by atoms with Crippen LogP contribution in [0.1, 0.15) is 22.9 Å². The minimum Gasteiger partial charge on any atom is -0.392 e. The molecule has 2 rings (SSSR count). The van der Waals surface area contributed by atoms with Gasteiger partial charge < -0.3 is 5.11 Å². The molecule has 14 heavy (non-hydrogen) atoms. The fourth-order valence-electron chi connectivity index (χ4n) is 1.91. The predicted molar refractivity (Wildman–Crippen MR) is 61.9 cm³/mol. The first-order valence-electron chi connectivity index (χ1n) is 4.88. The summed E-state index contributed by atoms with van der Waals surface area (Å²) in [5, 5.41) is 10.5. The number of hydrogen-bond donors (Lipinski definition) is 1. The summed E-state index contributed by atoms with van der Waals surface area (Å²) in [5.41, 5.74) is 2.48. The summed E-state index contributed by atoms with van der Waals surface area (Å²) in [6.07, 6.45) is 1.07. The van der Waals surface area contributed by atoms with E-state index in [1.54, 1.807) is 11.3 Å². The van der Waals surface area contributed by atoms with Crippen LogP contribution in [0.3, 0.4) is 0 Å². The summed E-state index contributed by atoms with van der Waals surface area (Å²) in [5.74, 6) is 0. The van der Waals surface area contributed by atoms with E-state index in [0.29, 0.717) is 0 Å². The number of aryl methyl sites for hydroxylation is 2. The van der Waals surface area contributed by atoms with Gasteiger partial charge in [0.2, 0.25) is 0 Å². The van der Waals surface area contributed by atoms with Crippen molar-refractivity contribution in [2.45, 2.75) is 26.9 Å². The van der Waals surface area contributed by atoms with Gasteiger partial charge in [-0.15, -0.1) is 11.3 Å². The summed E-state index contributed by atoms with van der Waals surface area (Å²) in [4.78, 5) is 1.38. The highest BCUT2D eigenvalue weighted by Crippen LogP contribution is 2.33. The van der Waals surface area contributed by atoms with Crippen molar-refractivity contribution >= 4 is 21.4 Å². The fourth-order valence-corrected chi connectivity index (χ4v) is 3.16. The van der Waals surface area contributed by atoms with Gasteiger partial charge in [-0.05, 0) is 29.9 Å². The maximum atomic E-state index is 9.22. The Bertz CT molecular complexity index is 457. The lowest BCUT2D eigenvalue weighted by atomic mass is 10.1. The highest BCUT2D eigenvalue weighted by Gasteiger charge is 2.09. The van der Waals surface area contributed by atoms with Crippen LogP contribution in [0.5, 0.6) is 0 Å². The van der Waals surface area contributed by atoms with Crippen LogP contribution in [-0.4, -0.2) is 5.11 Å². The van der Waals surface area contributed by atoms with E-state index in [0.717, 1.165) is 12.0 Å². The predicted octanol–water partition coefficient (Wildman–Crippen LogP) is 3.26. The summed E-state index contributed by atoms with van der Waals surface area (Å²) in [7, 11) is 0. The van der Waals surface area contributed by atoms with Gasteiger partial charge >= 0.3 is 0 Å². The number of thiophene rings is 1. The van der Waals surface area contributed by atoms with Crippen LogP contribution in [0.2, 0.25) is 0 Å². The number of benzene rings is 1. The molecule has 1 nitrogen and oxygen atoms in total. The Morgan fingerprint density at radius 3 is 2.79 bits per heavy atom. The van der Waals surface area contributed by atoms with Gasteiger partial charge in [-0.1, -0.05) is 25.1 Å². The molecule has 0 radical (unpaired) electrons. The Kier molecular flexibility index (Phi) is 2.57. The molecule has 1 aromatic heterocycles. The molecule has 2 heteroatoms. The molecule has 0 fully saturated rings. The number of hydrogen-bond acceptors (Lipinski definition) is 2. The zero-order valence-corrected chi connectivity index (χ0v) is 9.32. The van der Waals surface area contributed by atoms with Gasteiger partial charge in [0.1, 0.15) is 0 Å². The fraction of sp³-hybridized carbons (Fsp3) is 0.333. The molecule has 74 valence electrons. The van der Waals surface area contributed by atoms with Gasteiger partial charge in [-0.3, -0.25) is 0 Å². The van der Waals surface area contributed by atoms with E-state index in [1.165, 1.54) is 20.5 Å². The molecule has 0 atom stereocenters. The summed E-state index contributed by atoms with van der Waals surface area (Å²) < 4.78 is 1.25. The molecule has 0 aliphatic carbocycles. The third-order valence-electron chi connectivity index (χ3n) is 2.63. The highest BCUT2D eigenvalue weighted by molar-refractivity contribution is 7.19. The Morgan fingerprint density at radius 2 is 2.14 bits per heavy atom. The summed E-state index contributed by atoms with van der Waals surface area (Å²) in [6.45, 7) is 4.48. The molecule has 0 aliphatic heterocycles. The van der Waals surface area contributed by atoms with E-state index in [1.807, 2.05) is 12.1 Å². The van der Waals surface area contributed by atoms with Crippen molar-refractivity contribution in [3.8, 4) is 0 Å². The van der Waals surface area contributed by atoms with Crippen LogP contribution in [0.4, 0.5) is 0 Å². The van der Waals surface area contributed by atoms with E-state index in [4.69, 9.17) is 0 Å². The van der Waals surface area contributed by atoms with E-state index in [2.05, 4.69) is 19.9 Å². The smallest absolute Gasteiger partial charge is 0.0695 e. The zero-order chi connectivity index (χ0) is 10.1. The first-order valence-corrected chi connectivity index (χ1v) is 5.70. The van der Waals surface area contributed by atoms with Crippen molar-refractivity contribution in [1.82, 2.24) is 0 Å². The number of rotatable bonds is 2. The second-order valence-electron chi connectivity index (χ2n) is 3.44. The lowest BCUT2D eigenvalue weighted by Gasteiger charge is -1.98. The van der Waals surface area contributed by atoms with Gasteiger partial charge in [0.25, 0.3) is 0 Å². The minimum absolute atomic E-state index is 0.139. The molecule has 1 heterocycles. The van der Waals surface area contributed by atoms with Gasteiger partial charge in [-0.25, -0.2) is 0 Å². The quantitative estimate of drug-likeness (QED) is 0.799. The van der Waals surface area contributed by atoms with E-state index >= 15 is 0 Å². The molecule has 0 saturated carbocycles. The minimum atomic E-state index is 0.139. The van der Waals surface area contributed by atoms with Gasteiger partial charge in [0.15, 0.2) is 0 Å². The van der Waals surface area contributed by atoms with Crippen LogP contribution in [0.15, 0.2) is 18.2 Å². The molecule has 0 saturated heterocycles. The normalized spacial score (nSPS) is 11.1. The topological polar surface area (TPSA) is 20.2 Å². The number of fused-ring (bicyclic) bond motifs is 1. The number of aliphatic hydroxyl groups excluding tert-OH is 1. The molecule has 0 amide bonds. The molecule has 2 aromatic rings. The average Bonchev–Trinajstić information content (AvgIpc) is 2.52. The van der Waals surface area contributed by atoms with Crippen molar-refractivity contribution in [2.24, 2.45) is 0 Å². The van der Waals surface area contributed by atoms with Crippen molar-refractivity contribution in [3.05, 3.63) is 34.2 Å². The average molecular weight is 206 g/mol. The third kappa shape index (κ3) is 1.35. The monoisotopic (exact) mass is 206 g/mol. The first-order chi connectivity index (χ1) is 6.77. The maximum Gasteiger partial charge on any atom is 0.0695 e. The van der Waals surface area contributed by atoms with Crippen LogP contribution >= 0.6 is 11.3 Å².